The number of rotatable bonds is 5. The van der Waals surface area contributed by atoms with Crippen molar-refractivity contribution in [3.8, 4) is 0 Å². The first-order valence-electron chi connectivity index (χ1n) is 7.26. The summed E-state index contributed by atoms with van der Waals surface area (Å²) in [5.74, 6) is -1.05. The van der Waals surface area contributed by atoms with Crippen LogP contribution in [0.2, 0.25) is 0 Å². The molecular weight excluding hydrogens is 292 g/mol. The van der Waals surface area contributed by atoms with Gasteiger partial charge in [-0.05, 0) is 35.2 Å². The number of amides is 1. The minimum atomic E-state index is -0.896. The summed E-state index contributed by atoms with van der Waals surface area (Å²) in [7, 11) is 0. The first kappa shape index (κ1) is 14.8. The van der Waals surface area contributed by atoms with Crippen molar-refractivity contribution in [1.29, 1.82) is 0 Å². The number of anilines is 1. The summed E-state index contributed by atoms with van der Waals surface area (Å²) in [5, 5.41) is 12.7. The van der Waals surface area contributed by atoms with Gasteiger partial charge in [0.25, 0.3) is 0 Å². The lowest BCUT2D eigenvalue weighted by molar-refractivity contribution is -0.136. The Morgan fingerprint density at radius 2 is 1.87 bits per heavy atom. The number of carboxylic acids is 1. The standard InChI is InChI=1S/C18H16N2O3/c21-17(12-20-9-8-14-5-1-2-7-16(14)20)19-15-6-3-4-13(10-15)11-18(22)23/h1-10H,11-12H2,(H,19,21)(H,22,23). The van der Waals surface area contributed by atoms with Crippen LogP contribution in [0.4, 0.5) is 5.69 Å². The molecule has 2 aromatic carbocycles. The van der Waals surface area contributed by atoms with Crippen LogP contribution in [-0.4, -0.2) is 21.6 Å². The molecule has 5 nitrogen and oxygen atoms in total. The average molecular weight is 308 g/mol. The Labute approximate surface area is 133 Å². The van der Waals surface area contributed by atoms with Gasteiger partial charge in [-0.3, -0.25) is 9.59 Å². The third-order valence-corrected chi connectivity index (χ3v) is 3.56. The molecule has 0 bridgehead atoms. The molecule has 0 aliphatic carbocycles. The number of nitrogens with one attached hydrogen (secondary N) is 1. The second-order valence-electron chi connectivity index (χ2n) is 5.32. The number of carbonyl (C=O) groups is 2. The topological polar surface area (TPSA) is 71.3 Å². The lowest BCUT2D eigenvalue weighted by Crippen LogP contribution is -2.18. The largest absolute Gasteiger partial charge is 0.481 e. The highest BCUT2D eigenvalue weighted by molar-refractivity contribution is 5.92. The summed E-state index contributed by atoms with van der Waals surface area (Å²) in [6.07, 6.45) is 1.82. The molecule has 1 heterocycles. The number of para-hydroxylation sites is 1. The number of carbonyl (C=O) groups excluding carboxylic acids is 1. The molecule has 2 N–H and O–H groups in total. The highest BCUT2D eigenvalue weighted by Crippen LogP contribution is 2.16. The molecule has 0 aliphatic rings. The van der Waals surface area contributed by atoms with Gasteiger partial charge in [-0.15, -0.1) is 0 Å². The Kier molecular flexibility index (Phi) is 4.10. The maximum atomic E-state index is 12.2. The fraction of sp³-hybridized carbons (Fsp3) is 0.111. The summed E-state index contributed by atoms with van der Waals surface area (Å²) in [6, 6.07) is 16.7. The number of hydrogen-bond acceptors (Lipinski definition) is 2. The van der Waals surface area contributed by atoms with Gasteiger partial charge < -0.3 is 15.0 Å². The lowest BCUT2D eigenvalue weighted by Gasteiger charge is -2.08. The molecule has 0 spiro atoms. The molecular formula is C18H16N2O3. The van der Waals surface area contributed by atoms with E-state index in [0.717, 1.165) is 10.9 Å². The molecule has 0 fully saturated rings. The summed E-state index contributed by atoms with van der Waals surface area (Å²) in [4.78, 5) is 23.0. The minimum absolute atomic E-state index is 0.0635. The number of benzene rings is 2. The van der Waals surface area contributed by atoms with Crippen molar-refractivity contribution in [3.05, 3.63) is 66.4 Å². The third-order valence-electron chi connectivity index (χ3n) is 3.56. The first-order valence-corrected chi connectivity index (χ1v) is 7.26. The predicted molar refractivity (Wildman–Crippen MR) is 88.3 cm³/mol. The second-order valence-corrected chi connectivity index (χ2v) is 5.32. The highest BCUT2D eigenvalue weighted by atomic mass is 16.4. The number of carboxylic acid groups (broad SMARTS) is 1. The van der Waals surface area contributed by atoms with Crippen molar-refractivity contribution in [2.45, 2.75) is 13.0 Å². The summed E-state index contributed by atoms with van der Waals surface area (Å²) >= 11 is 0. The van der Waals surface area contributed by atoms with Crippen LogP contribution in [0.25, 0.3) is 10.9 Å². The second kappa shape index (κ2) is 6.36. The van der Waals surface area contributed by atoms with Crippen molar-refractivity contribution < 1.29 is 14.7 Å². The summed E-state index contributed by atoms with van der Waals surface area (Å²) in [5.41, 5.74) is 2.26. The van der Waals surface area contributed by atoms with E-state index in [0.29, 0.717) is 11.3 Å². The quantitative estimate of drug-likeness (QED) is 0.761. The van der Waals surface area contributed by atoms with Crippen LogP contribution in [0, 0.1) is 0 Å². The van der Waals surface area contributed by atoms with Gasteiger partial charge in [0.15, 0.2) is 0 Å². The fourth-order valence-electron chi connectivity index (χ4n) is 2.57. The molecule has 1 aromatic heterocycles. The van der Waals surface area contributed by atoms with E-state index in [1.807, 2.05) is 41.1 Å². The van der Waals surface area contributed by atoms with E-state index < -0.39 is 5.97 Å². The van der Waals surface area contributed by atoms with E-state index in [1.165, 1.54) is 0 Å². The number of aromatic nitrogens is 1. The van der Waals surface area contributed by atoms with E-state index in [1.54, 1.807) is 24.3 Å². The van der Waals surface area contributed by atoms with Crippen LogP contribution in [0.5, 0.6) is 0 Å². The maximum absolute atomic E-state index is 12.2. The summed E-state index contributed by atoms with van der Waals surface area (Å²) in [6.45, 7) is 0.205. The Hall–Kier alpha value is -3.08. The zero-order valence-electron chi connectivity index (χ0n) is 12.4. The van der Waals surface area contributed by atoms with Crippen LogP contribution >= 0.6 is 0 Å². The van der Waals surface area contributed by atoms with Gasteiger partial charge >= 0.3 is 5.97 Å². The van der Waals surface area contributed by atoms with Gasteiger partial charge in [-0.25, -0.2) is 0 Å². The van der Waals surface area contributed by atoms with Crippen molar-refractivity contribution in [3.63, 3.8) is 0 Å². The molecule has 1 amide bonds. The zero-order valence-corrected chi connectivity index (χ0v) is 12.4. The van der Waals surface area contributed by atoms with E-state index in [2.05, 4.69) is 5.32 Å². The third kappa shape index (κ3) is 3.58. The van der Waals surface area contributed by atoms with Crippen molar-refractivity contribution in [1.82, 2.24) is 4.57 Å². The molecule has 5 heteroatoms. The average Bonchev–Trinajstić information content (AvgIpc) is 2.90. The summed E-state index contributed by atoms with van der Waals surface area (Å²) < 4.78 is 1.88. The van der Waals surface area contributed by atoms with Crippen molar-refractivity contribution in [2.75, 3.05) is 5.32 Å². The van der Waals surface area contributed by atoms with Gasteiger partial charge in [-0.1, -0.05) is 30.3 Å². The lowest BCUT2D eigenvalue weighted by atomic mass is 10.1. The van der Waals surface area contributed by atoms with E-state index in [4.69, 9.17) is 5.11 Å². The van der Waals surface area contributed by atoms with Gasteiger partial charge in [0.05, 0.1) is 6.42 Å². The molecule has 116 valence electrons. The van der Waals surface area contributed by atoms with E-state index in [-0.39, 0.29) is 18.9 Å². The van der Waals surface area contributed by atoms with E-state index in [9.17, 15) is 9.59 Å². The van der Waals surface area contributed by atoms with Crippen LogP contribution in [0.15, 0.2) is 60.8 Å². The molecule has 0 unspecified atom stereocenters. The fourth-order valence-corrected chi connectivity index (χ4v) is 2.57. The smallest absolute Gasteiger partial charge is 0.307 e. The monoisotopic (exact) mass is 308 g/mol. The van der Waals surface area contributed by atoms with Crippen LogP contribution in [-0.2, 0) is 22.6 Å². The molecule has 0 aliphatic heterocycles. The normalized spacial score (nSPS) is 10.6. The molecule has 3 rings (SSSR count). The highest BCUT2D eigenvalue weighted by Gasteiger charge is 2.07. The molecule has 0 saturated heterocycles. The zero-order chi connectivity index (χ0) is 16.2. The van der Waals surface area contributed by atoms with E-state index >= 15 is 0 Å². The first-order chi connectivity index (χ1) is 11.1. The van der Waals surface area contributed by atoms with Crippen LogP contribution < -0.4 is 5.32 Å². The number of aliphatic carboxylic acids is 1. The van der Waals surface area contributed by atoms with Crippen LogP contribution in [0.3, 0.4) is 0 Å². The van der Waals surface area contributed by atoms with Crippen molar-refractivity contribution in [2.24, 2.45) is 0 Å². The van der Waals surface area contributed by atoms with Crippen molar-refractivity contribution >= 4 is 28.5 Å². The molecule has 3 aromatic rings. The number of hydrogen-bond donors (Lipinski definition) is 2. The Balaban J connectivity index is 1.71. The van der Waals surface area contributed by atoms with Gasteiger partial charge in [0.1, 0.15) is 6.54 Å². The number of fused-ring (bicyclic) bond motifs is 1. The minimum Gasteiger partial charge on any atom is -0.481 e. The Morgan fingerprint density at radius 3 is 2.70 bits per heavy atom. The molecule has 0 atom stereocenters. The maximum Gasteiger partial charge on any atom is 0.307 e. The SMILES string of the molecule is O=C(O)Cc1cccc(NC(=O)Cn2ccc3ccccc32)c1. The van der Waals surface area contributed by atoms with Gasteiger partial charge in [-0.2, -0.15) is 0 Å². The Bertz CT molecular complexity index is 867. The molecule has 23 heavy (non-hydrogen) atoms. The predicted octanol–water partition coefficient (Wildman–Crippen LogP) is 2.91. The van der Waals surface area contributed by atoms with Gasteiger partial charge in [0.2, 0.25) is 5.91 Å². The molecule has 0 saturated carbocycles. The number of nitrogens with zero attached hydrogens (tertiary/aromatic N) is 1. The van der Waals surface area contributed by atoms with Gasteiger partial charge in [0, 0.05) is 17.4 Å². The Morgan fingerprint density at radius 1 is 1.04 bits per heavy atom. The van der Waals surface area contributed by atoms with Crippen LogP contribution in [0.1, 0.15) is 5.56 Å². The molecule has 0 radical (unpaired) electrons.